The molecule has 1 heterocycles. The standard InChI is InChI=1S/C30H30ClFN2O2/c1-5-34-26-13-7-19(14-22(26)17-27(34)21-8-10-23(32)11-9-21)16-28(35)24-15-20(6-12-25(24)31)18-33-29(36)30(2,3)4/h6-15,17H,5,16,18H2,1-4H3,(H,33,36). The Hall–Kier alpha value is -3.44. The molecule has 4 aromatic rings. The van der Waals surface area contributed by atoms with Crippen LogP contribution in [0.15, 0.2) is 66.7 Å². The van der Waals surface area contributed by atoms with Gasteiger partial charge >= 0.3 is 0 Å². The third kappa shape index (κ3) is 5.52. The van der Waals surface area contributed by atoms with E-state index in [4.69, 9.17) is 11.6 Å². The number of carbonyl (C=O) groups excluding carboxylic acids is 2. The molecule has 0 unspecified atom stereocenters. The number of rotatable bonds is 7. The maximum Gasteiger partial charge on any atom is 0.225 e. The van der Waals surface area contributed by atoms with Crippen LogP contribution in [0.4, 0.5) is 4.39 Å². The third-order valence-corrected chi connectivity index (χ3v) is 6.58. The number of Topliss-reactive ketones (excluding diaryl/α,β-unsaturated/α-hetero) is 1. The summed E-state index contributed by atoms with van der Waals surface area (Å²) < 4.78 is 15.6. The van der Waals surface area contributed by atoms with Crippen molar-refractivity contribution in [2.75, 3.05) is 0 Å². The van der Waals surface area contributed by atoms with Crippen molar-refractivity contribution >= 4 is 34.2 Å². The fourth-order valence-corrected chi connectivity index (χ4v) is 4.48. The summed E-state index contributed by atoms with van der Waals surface area (Å²) in [6.07, 6.45) is 0.205. The first kappa shape index (κ1) is 25.6. The van der Waals surface area contributed by atoms with Crippen LogP contribution in [-0.4, -0.2) is 16.3 Å². The Morgan fingerprint density at radius 1 is 0.944 bits per heavy atom. The summed E-state index contributed by atoms with van der Waals surface area (Å²) >= 11 is 6.37. The molecule has 186 valence electrons. The van der Waals surface area contributed by atoms with Gasteiger partial charge < -0.3 is 9.88 Å². The van der Waals surface area contributed by atoms with Gasteiger partial charge in [-0.05, 0) is 78.2 Å². The van der Waals surface area contributed by atoms with Gasteiger partial charge in [-0.2, -0.15) is 0 Å². The van der Waals surface area contributed by atoms with Gasteiger partial charge in [0.05, 0.1) is 5.02 Å². The minimum atomic E-state index is -0.489. The van der Waals surface area contributed by atoms with E-state index in [9.17, 15) is 14.0 Å². The second kappa shape index (κ2) is 10.3. The second-order valence-electron chi connectivity index (χ2n) is 10.0. The minimum Gasteiger partial charge on any atom is -0.352 e. The van der Waals surface area contributed by atoms with Gasteiger partial charge in [0.1, 0.15) is 5.82 Å². The first-order valence-electron chi connectivity index (χ1n) is 12.0. The van der Waals surface area contributed by atoms with E-state index in [-0.39, 0.29) is 23.9 Å². The van der Waals surface area contributed by atoms with Gasteiger partial charge in [-0.15, -0.1) is 0 Å². The lowest BCUT2D eigenvalue weighted by Crippen LogP contribution is -2.34. The molecule has 0 aliphatic heterocycles. The van der Waals surface area contributed by atoms with Crippen LogP contribution >= 0.6 is 11.6 Å². The largest absolute Gasteiger partial charge is 0.352 e. The third-order valence-electron chi connectivity index (χ3n) is 6.25. The number of hydrogen-bond acceptors (Lipinski definition) is 2. The molecule has 4 nitrogen and oxygen atoms in total. The number of aryl methyl sites for hydroxylation is 1. The molecular weight excluding hydrogens is 475 g/mol. The van der Waals surface area contributed by atoms with Crippen molar-refractivity contribution < 1.29 is 14.0 Å². The van der Waals surface area contributed by atoms with E-state index in [1.165, 1.54) is 12.1 Å². The number of nitrogens with zero attached hydrogens (tertiary/aromatic N) is 1. The Labute approximate surface area is 216 Å². The minimum absolute atomic E-state index is 0.0577. The highest BCUT2D eigenvalue weighted by Crippen LogP contribution is 2.30. The number of ketones is 1. The summed E-state index contributed by atoms with van der Waals surface area (Å²) in [7, 11) is 0. The molecule has 4 rings (SSSR count). The second-order valence-corrected chi connectivity index (χ2v) is 10.4. The van der Waals surface area contributed by atoms with Crippen LogP contribution in [0.3, 0.4) is 0 Å². The van der Waals surface area contributed by atoms with Crippen molar-refractivity contribution in [1.29, 1.82) is 0 Å². The molecule has 0 bridgehead atoms. The molecule has 1 amide bonds. The molecular formula is C30H30ClFN2O2. The average Bonchev–Trinajstić information content (AvgIpc) is 3.20. The van der Waals surface area contributed by atoms with Gasteiger partial charge in [-0.25, -0.2) is 4.39 Å². The molecule has 0 spiro atoms. The topological polar surface area (TPSA) is 51.1 Å². The van der Waals surface area contributed by atoms with Crippen molar-refractivity contribution in [3.8, 4) is 11.3 Å². The molecule has 0 aliphatic carbocycles. The fourth-order valence-electron chi connectivity index (χ4n) is 4.26. The number of hydrogen-bond donors (Lipinski definition) is 1. The van der Waals surface area contributed by atoms with E-state index in [1.54, 1.807) is 24.3 Å². The smallest absolute Gasteiger partial charge is 0.225 e. The summed E-state index contributed by atoms with van der Waals surface area (Å²) in [6, 6.07) is 19.8. The van der Waals surface area contributed by atoms with E-state index in [2.05, 4.69) is 22.9 Å². The Balaban J connectivity index is 1.57. The zero-order chi connectivity index (χ0) is 26.0. The van der Waals surface area contributed by atoms with Crippen LogP contribution in [0, 0.1) is 11.2 Å². The number of carbonyl (C=O) groups is 2. The van der Waals surface area contributed by atoms with Gasteiger partial charge in [-0.3, -0.25) is 9.59 Å². The summed E-state index contributed by atoms with van der Waals surface area (Å²) in [5.41, 5.74) is 4.66. The van der Waals surface area contributed by atoms with E-state index in [1.807, 2.05) is 45.0 Å². The van der Waals surface area contributed by atoms with Gasteiger partial charge in [-0.1, -0.05) is 44.5 Å². The average molecular weight is 505 g/mol. The summed E-state index contributed by atoms with van der Waals surface area (Å²) in [6.45, 7) is 8.73. The predicted molar refractivity (Wildman–Crippen MR) is 144 cm³/mol. The van der Waals surface area contributed by atoms with Crippen molar-refractivity contribution in [3.63, 3.8) is 0 Å². The highest BCUT2D eigenvalue weighted by atomic mass is 35.5. The molecule has 3 aromatic carbocycles. The monoisotopic (exact) mass is 504 g/mol. The molecule has 0 radical (unpaired) electrons. The van der Waals surface area contributed by atoms with Crippen LogP contribution in [0.5, 0.6) is 0 Å². The number of halogens is 2. The SMILES string of the molecule is CCn1c(-c2ccc(F)cc2)cc2cc(CC(=O)c3cc(CNC(=O)C(C)(C)C)ccc3Cl)ccc21. The molecule has 1 N–H and O–H groups in total. The van der Waals surface area contributed by atoms with Crippen LogP contribution in [-0.2, 0) is 24.3 Å². The van der Waals surface area contributed by atoms with Gasteiger partial charge in [0.25, 0.3) is 0 Å². The molecule has 0 atom stereocenters. The van der Waals surface area contributed by atoms with Crippen molar-refractivity contribution in [1.82, 2.24) is 9.88 Å². The van der Waals surface area contributed by atoms with Crippen molar-refractivity contribution in [2.24, 2.45) is 5.41 Å². The number of nitrogens with one attached hydrogen (secondary N) is 1. The molecule has 0 aliphatic rings. The molecule has 0 fully saturated rings. The lowest BCUT2D eigenvalue weighted by Gasteiger charge is -2.18. The predicted octanol–water partition coefficient (Wildman–Crippen LogP) is 7.21. The summed E-state index contributed by atoms with van der Waals surface area (Å²) in [5.74, 6) is -0.410. The molecule has 0 saturated carbocycles. The van der Waals surface area contributed by atoms with E-state index >= 15 is 0 Å². The first-order chi connectivity index (χ1) is 17.1. The number of aromatic nitrogens is 1. The summed E-state index contributed by atoms with van der Waals surface area (Å²) in [4.78, 5) is 25.4. The molecule has 36 heavy (non-hydrogen) atoms. The quantitative estimate of drug-likeness (QED) is 0.270. The zero-order valence-electron chi connectivity index (χ0n) is 21.0. The number of amides is 1. The highest BCUT2D eigenvalue weighted by molar-refractivity contribution is 6.34. The Morgan fingerprint density at radius 2 is 1.64 bits per heavy atom. The first-order valence-corrected chi connectivity index (χ1v) is 12.4. The Bertz CT molecular complexity index is 1430. The van der Waals surface area contributed by atoms with Crippen LogP contribution in [0.25, 0.3) is 22.2 Å². The van der Waals surface area contributed by atoms with E-state index in [0.29, 0.717) is 17.1 Å². The lowest BCUT2D eigenvalue weighted by molar-refractivity contribution is -0.128. The van der Waals surface area contributed by atoms with Gasteiger partial charge in [0.2, 0.25) is 5.91 Å². The normalized spacial score (nSPS) is 11.6. The van der Waals surface area contributed by atoms with Crippen LogP contribution < -0.4 is 5.32 Å². The van der Waals surface area contributed by atoms with E-state index < -0.39 is 5.41 Å². The van der Waals surface area contributed by atoms with Crippen LogP contribution in [0.1, 0.15) is 49.2 Å². The van der Waals surface area contributed by atoms with Gasteiger partial charge in [0.15, 0.2) is 5.78 Å². The van der Waals surface area contributed by atoms with Gasteiger partial charge in [0, 0.05) is 47.1 Å². The Morgan fingerprint density at radius 3 is 2.31 bits per heavy atom. The van der Waals surface area contributed by atoms with Crippen LogP contribution in [0.2, 0.25) is 5.02 Å². The van der Waals surface area contributed by atoms with E-state index in [0.717, 1.165) is 39.8 Å². The molecule has 0 saturated heterocycles. The zero-order valence-corrected chi connectivity index (χ0v) is 21.7. The highest BCUT2D eigenvalue weighted by Gasteiger charge is 2.21. The molecule has 1 aromatic heterocycles. The van der Waals surface area contributed by atoms with Crippen molar-refractivity contribution in [3.05, 3.63) is 94.3 Å². The maximum atomic E-state index is 13.4. The number of benzene rings is 3. The maximum absolute atomic E-state index is 13.4. The lowest BCUT2D eigenvalue weighted by atomic mass is 9.95. The molecule has 6 heteroatoms. The summed E-state index contributed by atoms with van der Waals surface area (Å²) in [5, 5.41) is 4.32. The Kier molecular flexibility index (Phi) is 7.32. The number of fused-ring (bicyclic) bond motifs is 1. The fraction of sp³-hybridized carbons (Fsp3) is 0.267. The van der Waals surface area contributed by atoms with Crippen molar-refractivity contribution in [2.45, 2.75) is 47.2 Å².